The van der Waals surface area contributed by atoms with E-state index in [1.807, 2.05) is 18.3 Å². The Morgan fingerprint density at radius 2 is 2.32 bits per heavy atom. The Morgan fingerprint density at radius 3 is 3.14 bits per heavy atom. The maximum absolute atomic E-state index is 13.5. The number of aliphatic hydroxyl groups excluding tert-OH is 1. The van der Waals surface area contributed by atoms with Gasteiger partial charge in [-0.15, -0.1) is 11.6 Å². The second-order valence-corrected chi connectivity index (χ2v) is 5.88. The van der Waals surface area contributed by atoms with Crippen LogP contribution in [0.3, 0.4) is 0 Å². The average molecular weight is 327 g/mol. The lowest BCUT2D eigenvalue weighted by atomic mass is 10.3. The van der Waals surface area contributed by atoms with Crippen molar-refractivity contribution in [2.75, 3.05) is 17.3 Å². The fourth-order valence-corrected chi connectivity index (χ4v) is 3.23. The first-order valence-corrected chi connectivity index (χ1v) is 8.08. The molecular weight excluding hydrogens is 307 g/mol. The van der Waals surface area contributed by atoms with Crippen LogP contribution in [-0.4, -0.2) is 45.7 Å². The van der Waals surface area contributed by atoms with Crippen molar-refractivity contribution in [1.29, 1.82) is 0 Å². The van der Waals surface area contributed by atoms with Gasteiger partial charge in [-0.2, -0.15) is 0 Å². The van der Waals surface area contributed by atoms with E-state index >= 15 is 0 Å². The number of alkyl halides is 1. The van der Waals surface area contributed by atoms with Crippen LogP contribution in [0.2, 0.25) is 0 Å². The molecule has 0 aromatic carbocycles. The summed E-state index contributed by atoms with van der Waals surface area (Å²) in [5, 5.41) is 10.0. The maximum Gasteiger partial charge on any atom is 0.226 e. The summed E-state index contributed by atoms with van der Waals surface area (Å²) in [6, 6.07) is 4.05. The summed E-state index contributed by atoms with van der Waals surface area (Å²) in [5.41, 5.74) is 0. The van der Waals surface area contributed by atoms with Gasteiger partial charge in [-0.05, 0) is 31.4 Å². The number of nitrogens with zero attached hydrogens (tertiary/aromatic N) is 4. The number of aryl methyl sites for hydroxylation is 1. The van der Waals surface area contributed by atoms with Gasteiger partial charge in [-0.25, -0.2) is 9.38 Å². The number of halogens is 2. The molecule has 3 rings (SSSR count). The molecule has 1 unspecified atom stereocenters. The van der Waals surface area contributed by atoms with Crippen LogP contribution in [0, 0.1) is 0 Å². The van der Waals surface area contributed by atoms with Gasteiger partial charge in [0.1, 0.15) is 12.0 Å². The van der Waals surface area contributed by atoms with Crippen molar-refractivity contribution in [3.63, 3.8) is 0 Å². The van der Waals surface area contributed by atoms with Gasteiger partial charge < -0.3 is 19.5 Å². The molecule has 0 amide bonds. The lowest BCUT2D eigenvalue weighted by molar-refractivity contribution is 0.0166. The van der Waals surface area contributed by atoms with Gasteiger partial charge in [0.05, 0.1) is 6.21 Å². The van der Waals surface area contributed by atoms with Gasteiger partial charge in [0, 0.05) is 31.4 Å². The van der Waals surface area contributed by atoms with Crippen molar-refractivity contribution >= 4 is 23.6 Å². The predicted octanol–water partition coefficient (Wildman–Crippen LogP) is 2.52. The van der Waals surface area contributed by atoms with E-state index in [0.717, 1.165) is 44.4 Å². The molecule has 1 saturated heterocycles. The molecule has 5 nitrogen and oxygen atoms in total. The van der Waals surface area contributed by atoms with Crippen LogP contribution in [0.5, 0.6) is 0 Å². The summed E-state index contributed by atoms with van der Waals surface area (Å²) >= 11 is 5.78. The van der Waals surface area contributed by atoms with E-state index in [2.05, 4.69) is 14.5 Å². The molecule has 0 aliphatic carbocycles. The summed E-state index contributed by atoms with van der Waals surface area (Å²) in [4.78, 5) is 7.57. The first-order chi connectivity index (χ1) is 10.7. The van der Waals surface area contributed by atoms with Crippen LogP contribution in [0.1, 0.15) is 19.3 Å². The molecule has 2 aliphatic rings. The molecular formula is C15H20ClFN4O. The van der Waals surface area contributed by atoms with Gasteiger partial charge in [-0.3, -0.25) is 0 Å². The highest BCUT2D eigenvalue weighted by Gasteiger charge is 2.34. The summed E-state index contributed by atoms with van der Waals surface area (Å²) in [6.07, 6.45) is 6.05. The van der Waals surface area contributed by atoms with Crippen LogP contribution in [0.4, 0.5) is 10.2 Å². The highest BCUT2D eigenvalue weighted by Crippen LogP contribution is 2.30. The fourth-order valence-electron chi connectivity index (χ4n) is 3.11. The van der Waals surface area contributed by atoms with Crippen LogP contribution in [-0.2, 0) is 6.54 Å². The Balaban J connectivity index is 1.82. The van der Waals surface area contributed by atoms with Gasteiger partial charge >= 0.3 is 0 Å². The molecule has 2 atom stereocenters. The molecule has 1 aromatic heterocycles. The van der Waals surface area contributed by atoms with E-state index in [4.69, 9.17) is 11.6 Å². The SMILES string of the molecule is OC1N=CC(F)=CN1[C@@H]1CCCN1c1cccn1CCCCl. The Kier molecular flexibility index (Phi) is 4.69. The van der Waals surface area contributed by atoms with Crippen molar-refractivity contribution in [3.8, 4) is 0 Å². The summed E-state index contributed by atoms with van der Waals surface area (Å²) in [6.45, 7) is 1.72. The Morgan fingerprint density at radius 1 is 1.45 bits per heavy atom. The second-order valence-electron chi connectivity index (χ2n) is 5.50. The zero-order valence-electron chi connectivity index (χ0n) is 12.3. The summed E-state index contributed by atoms with van der Waals surface area (Å²) in [7, 11) is 0. The minimum atomic E-state index is -1.03. The predicted molar refractivity (Wildman–Crippen MR) is 85.7 cm³/mol. The van der Waals surface area contributed by atoms with E-state index in [-0.39, 0.29) is 6.17 Å². The molecule has 120 valence electrons. The van der Waals surface area contributed by atoms with Crippen LogP contribution < -0.4 is 4.90 Å². The number of anilines is 1. The molecule has 0 radical (unpaired) electrons. The van der Waals surface area contributed by atoms with Crippen molar-refractivity contribution in [1.82, 2.24) is 9.47 Å². The van der Waals surface area contributed by atoms with Gasteiger partial charge in [0.25, 0.3) is 0 Å². The molecule has 22 heavy (non-hydrogen) atoms. The molecule has 1 N–H and O–H groups in total. The lowest BCUT2D eigenvalue weighted by Crippen LogP contribution is -2.48. The van der Waals surface area contributed by atoms with Crippen molar-refractivity contribution in [3.05, 3.63) is 30.4 Å². The number of aromatic nitrogens is 1. The third kappa shape index (κ3) is 2.98. The minimum Gasteiger partial charge on any atom is -0.355 e. The maximum atomic E-state index is 13.5. The lowest BCUT2D eigenvalue weighted by Gasteiger charge is -2.38. The van der Waals surface area contributed by atoms with Gasteiger partial charge in [0.2, 0.25) is 6.35 Å². The molecule has 1 fully saturated rings. The number of aliphatic imine (C=N–C) groups is 1. The molecule has 3 heterocycles. The van der Waals surface area contributed by atoms with Crippen LogP contribution >= 0.6 is 11.6 Å². The van der Waals surface area contributed by atoms with Crippen LogP contribution in [0.15, 0.2) is 35.3 Å². The number of hydrogen-bond donors (Lipinski definition) is 1. The average Bonchev–Trinajstić information content (AvgIpc) is 3.15. The Labute approximate surface area is 134 Å². The molecule has 0 bridgehead atoms. The van der Waals surface area contributed by atoms with Crippen molar-refractivity contribution in [2.45, 2.75) is 38.3 Å². The van der Waals surface area contributed by atoms with Crippen molar-refractivity contribution in [2.24, 2.45) is 4.99 Å². The fraction of sp³-hybridized carbons (Fsp3) is 0.533. The topological polar surface area (TPSA) is 44.0 Å². The van der Waals surface area contributed by atoms with Crippen LogP contribution in [0.25, 0.3) is 0 Å². The minimum absolute atomic E-state index is 0.0946. The zero-order valence-corrected chi connectivity index (χ0v) is 13.0. The molecule has 2 aliphatic heterocycles. The highest BCUT2D eigenvalue weighted by molar-refractivity contribution is 6.17. The molecule has 7 heteroatoms. The molecule has 0 saturated carbocycles. The highest BCUT2D eigenvalue weighted by atomic mass is 35.5. The molecule has 0 spiro atoms. The first-order valence-electron chi connectivity index (χ1n) is 7.54. The number of hydrogen-bond acceptors (Lipinski definition) is 4. The second kappa shape index (κ2) is 6.71. The van der Waals surface area contributed by atoms with E-state index in [9.17, 15) is 9.50 Å². The van der Waals surface area contributed by atoms with Gasteiger partial charge in [-0.1, -0.05) is 0 Å². The third-order valence-electron chi connectivity index (χ3n) is 4.07. The first kappa shape index (κ1) is 15.4. The number of aliphatic hydroxyl groups is 1. The molecule has 1 aromatic rings. The standard InChI is InChI=1S/C15H20ClFN4O/c16-6-3-8-19-7-1-4-13(19)20-9-2-5-14(20)21-11-12(17)10-18-15(21)22/h1,4,7,10-11,14-15,22H,2-3,5-6,8-9H2/t14-,15?/m1/s1. The van der Waals surface area contributed by atoms with Crippen molar-refractivity contribution < 1.29 is 9.50 Å². The zero-order chi connectivity index (χ0) is 15.5. The smallest absolute Gasteiger partial charge is 0.226 e. The Hall–Kier alpha value is -1.53. The van der Waals surface area contributed by atoms with E-state index in [0.29, 0.717) is 5.88 Å². The summed E-state index contributed by atoms with van der Waals surface area (Å²) in [5.74, 6) is 1.26. The van der Waals surface area contributed by atoms with E-state index < -0.39 is 12.2 Å². The normalized spacial score (nSPS) is 25.0. The van der Waals surface area contributed by atoms with Gasteiger partial charge in [0.15, 0.2) is 5.83 Å². The number of allylic oxidation sites excluding steroid dienone is 1. The Bertz CT molecular complexity index is 574. The van der Waals surface area contributed by atoms with E-state index in [1.54, 1.807) is 4.90 Å². The largest absolute Gasteiger partial charge is 0.355 e. The third-order valence-corrected chi connectivity index (χ3v) is 4.34. The quantitative estimate of drug-likeness (QED) is 0.846. The number of rotatable bonds is 5. The monoisotopic (exact) mass is 326 g/mol. The van der Waals surface area contributed by atoms with E-state index in [1.165, 1.54) is 6.20 Å². The summed E-state index contributed by atoms with van der Waals surface area (Å²) < 4.78 is 15.6.